The van der Waals surface area contributed by atoms with Crippen LogP contribution >= 0.6 is 0 Å². The molecular formula is C20H20FN3O2. The van der Waals surface area contributed by atoms with Crippen LogP contribution in [0.1, 0.15) is 36.7 Å². The number of halogens is 1. The van der Waals surface area contributed by atoms with Crippen LogP contribution in [-0.2, 0) is 6.54 Å². The molecule has 26 heavy (non-hydrogen) atoms. The summed E-state index contributed by atoms with van der Waals surface area (Å²) in [4.78, 5) is 25.3. The molecule has 0 atom stereocenters. The number of rotatable bonds is 6. The average Bonchev–Trinajstić information content (AvgIpc) is 2.64. The van der Waals surface area contributed by atoms with Gasteiger partial charge in [0.1, 0.15) is 5.82 Å². The van der Waals surface area contributed by atoms with Crippen LogP contribution in [0.3, 0.4) is 0 Å². The highest BCUT2D eigenvalue weighted by molar-refractivity contribution is 6.11. The lowest BCUT2D eigenvalue weighted by atomic mass is 10.1. The van der Waals surface area contributed by atoms with Crippen LogP contribution in [0.25, 0.3) is 10.8 Å². The van der Waals surface area contributed by atoms with Crippen molar-refractivity contribution < 1.29 is 9.18 Å². The summed E-state index contributed by atoms with van der Waals surface area (Å²) in [7, 11) is 0. The number of hydrogen-bond acceptors (Lipinski definition) is 3. The van der Waals surface area contributed by atoms with Crippen molar-refractivity contribution in [2.75, 3.05) is 5.32 Å². The Kier molecular flexibility index (Phi) is 5.41. The first-order valence-electron chi connectivity index (χ1n) is 8.67. The fraction of sp³-hybridized carbons (Fsp3) is 0.250. The molecule has 0 bridgehead atoms. The Labute approximate surface area is 150 Å². The SMILES string of the molecule is CCCCCn1nc(C(=O)Nc2cccc(F)c2)c2ccccc2c1=O. The molecule has 1 N–H and O–H groups in total. The van der Waals surface area contributed by atoms with Gasteiger partial charge in [0.25, 0.3) is 11.5 Å². The molecule has 0 aliphatic rings. The van der Waals surface area contributed by atoms with Crippen molar-refractivity contribution in [2.45, 2.75) is 32.7 Å². The van der Waals surface area contributed by atoms with E-state index in [0.29, 0.717) is 23.0 Å². The maximum atomic E-state index is 13.4. The minimum atomic E-state index is -0.476. The normalized spacial score (nSPS) is 10.8. The molecule has 0 radical (unpaired) electrons. The number of fused-ring (bicyclic) bond motifs is 1. The summed E-state index contributed by atoms with van der Waals surface area (Å²) in [6.07, 6.45) is 2.81. The van der Waals surface area contributed by atoms with Crippen LogP contribution in [0.15, 0.2) is 53.3 Å². The van der Waals surface area contributed by atoms with E-state index < -0.39 is 11.7 Å². The smallest absolute Gasteiger partial charge is 0.276 e. The Hall–Kier alpha value is -3.02. The van der Waals surface area contributed by atoms with Gasteiger partial charge in [0.2, 0.25) is 0 Å². The molecule has 134 valence electrons. The van der Waals surface area contributed by atoms with Gasteiger partial charge in [-0.1, -0.05) is 44.0 Å². The predicted octanol–water partition coefficient (Wildman–Crippen LogP) is 3.98. The Morgan fingerprint density at radius 3 is 2.62 bits per heavy atom. The first-order valence-corrected chi connectivity index (χ1v) is 8.67. The lowest BCUT2D eigenvalue weighted by molar-refractivity contribution is 0.102. The van der Waals surface area contributed by atoms with Crippen LogP contribution in [0.2, 0.25) is 0 Å². The highest BCUT2D eigenvalue weighted by Crippen LogP contribution is 2.16. The van der Waals surface area contributed by atoms with Crippen LogP contribution in [0.5, 0.6) is 0 Å². The Morgan fingerprint density at radius 2 is 1.88 bits per heavy atom. The largest absolute Gasteiger partial charge is 0.320 e. The molecule has 3 rings (SSSR count). The zero-order valence-electron chi connectivity index (χ0n) is 14.5. The molecule has 0 fully saturated rings. The van der Waals surface area contributed by atoms with Gasteiger partial charge in [0.05, 0.1) is 5.39 Å². The fourth-order valence-corrected chi connectivity index (χ4v) is 2.82. The molecule has 5 nitrogen and oxygen atoms in total. The standard InChI is InChI=1S/C20H20FN3O2/c1-2-3-6-12-24-20(26)17-11-5-4-10-16(17)18(23-24)19(25)22-15-9-7-8-14(21)13-15/h4-5,7-11,13H,2-3,6,12H2,1H3,(H,22,25). The third kappa shape index (κ3) is 3.79. The monoisotopic (exact) mass is 353 g/mol. The van der Waals surface area contributed by atoms with Gasteiger partial charge in [0, 0.05) is 17.6 Å². The zero-order valence-corrected chi connectivity index (χ0v) is 14.5. The summed E-state index contributed by atoms with van der Waals surface area (Å²) in [5, 5.41) is 7.87. The number of carbonyl (C=O) groups excluding carboxylic acids is 1. The molecule has 3 aromatic rings. The first kappa shape index (κ1) is 17.8. The number of hydrogen-bond donors (Lipinski definition) is 1. The maximum Gasteiger partial charge on any atom is 0.276 e. The molecular weight excluding hydrogens is 333 g/mol. The fourth-order valence-electron chi connectivity index (χ4n) is 2.82. The van der Waals surface area contributed by atoms with E-state index in [4.69, 9.17) is 0 Å². The zero-order chi connectivity index (χ0) is 18.5. The first-order chi connectivity index (χ1) is 12.6. The number of unbranched alkanes of at least 4 members (excludes halogenated alkanes) is 2. The number of nitrogens with zero attached hydrogens (tertiary/aromatic N) is 2. The van der Waals surface area contributed by atoms with E-state index >= 15 is 0 Å². The van der Waals surface area contributed by atoms with E-state index in [-0.39, 0.29) is 11.3 Å². The van der Waals surface area contributed by atoms with Gasteiger partial charge in [-0.2, -0.15) is 5.10 Å². The molecule has 0 aliphatic heterocycles. The highest BCUT2D eigenvalue weighted by Gasteiger charge is 2.17. The molecule has 0 unspecified atom stereocenters. The minimum Gasteiger partial charge on any atom is -0.320 e. The van der Waals surface area contributed by atoms with Crippen LogP contribution in [0, 0.1) is 5.82 Å². The Balaban J connectivity index is 2.01. The van der Waals surface area contributed by atoms with Crippen molar-refractivity contribution in [3.63, 3.8) is 0 Å². The Morgan fingerprint density at radius 1 is 1.12 bits per heavy atom. The van der Waals surface area contributed by atoms with Crippen LogP contribution in [-0.4, -0.2) is 15.7 Å². The maximum absolute atomic E-state index is 13.4. The van der Waals surface area contributed by atoms with E-state index in [1.54, 1.807) is 30.3 Å². The highest BCUT2D eigenvalue weighted by atomic mass is 19.1. The van der Waals surface area contributed by atoms with E-state index in [0.717, 1.165) is 19.3 Å². The number of carbonyl (C=O) groups is 1. The van der Waals surface area contributed by atoms with Gasteiger partial charge in [-0.25, -0.2) is 9.07 Å². The number of amides is 1. The Bertz CT molecular complexity index is 998. The second kappa shape index (κ2) is 7.91. The summed E-state index contributed by atoms with van der Waals surface area (Å²) >= 11 is 0. The van der Waals surface area contributed by atoms with Gasteiger partial charge < -0.3 is 5.32 Å². The summed E-state index contributed by atoms with van der Waals surface area (Å²) in [6.45, 7) is 2.53. The van der Waals surface area contributed by atoms with E-state index in [1.165, 1.54) is 22.9 Å². The number of nitrogens with one attached hydrogen (secondary N) is 1. The molecule has 1 heterocycles. The molecule has 0 saturated carbocycles. The van der Waals surface area contributed by atoms with Crippen molar-refractivity contribution in [3.05, 3.63) is 70.4 Å². The van der Waals surface area contributed by atoms with Gasteiger partial charge in [-0.15, -0.1) is 0 Å². The van der Waals surface area contributed by atoms with E-state index in [2.05, 4.69) is 17.3 Å². The number of aryl methyl sites for hydroxylation is 1. The van der Waals surface area contributed by atoms with Gasteiger partial charge >= 0.3 is 0 Å². The van der Waals surface area contributed by atoms with Crippen molar-refractivity contribution in [1.82, 2.24) is 9.78 Å². The molecule has 0 spiro atoms. The average molecular weight is 353 g/mol. The molecule has 0 saturated heterocycles. The van der Waals surface area contributed by atoms with Gasteiger partial charge in [-0.05, 0) is 30.7 Å². The quantitative estimate of drug-likeness (QED) is 0.682. The molecule has 1 aromatic heterocycles. The van der Waals surface area contributed by atoms with Crippen molar-refractivity contribution in [2.24, 2.45) is 0 Å². The van der Waals surface area contributed by atoms with Crippen molar-refractivity contribution in [1.29, 1.82) is 0 Å². The summed E-state index contributed by atoms with van der Waals surface area (Å²) in [5.74, 6) is -0.916. The van der Waals surface area contributed by atoms with Crippen molar-refractivity contribution in [3.8, 4) is 0 Å². The topological polar surface area (TPSA) is 64.0 Å². The molecule has 6 heteroatoms. The number of benzene rings is 2. The number of anilines is 1. The van der Waals surface area contributed by atoms with Gasteiger partial charge in [-0.3, -0.25) is 9.59 Å². The third-order valence-corrected chi connectivity index (χ3v) is 4.14. The van der Waals surface area contributed by atoms with Crippen molar-refractivity contribution >= 4 is 22.4 Å². The molecule has 2 aromatic carbocycles. The third-order valence-electron chi connectivity index (χ3n) is 4.14. The van der Waals surface area contributed by atoms with E-state index in [9.17, 15) is 14.0 Å². The van der Waals surface area contributed by atoms with E-state index in [1.807, 2.05) is 0 Å². The van der Waals surface area contributed by atoms with Gasteiger partial charge in [0.15, 0.2) is 5.69 Å². The van der Waals surface area contributed by atoms with Crippen LogP contribution in [0.4, 0.5) is 10.1 Å². The van der Waals surface area contributed by atoms with Crippen LogP contribution < -0.4 is 10.9 Å². The lowest BCUT2D eigenvalue weighted by Gasteiger charge is -2.11. The summed E-state index contributed by atoms with van der Waals surface area (Å²) in [5.41, 5.74) is 0.282. The molecule has 1 amide bonds. The number of aromatic nitrogens is 2. The summed E-state index contributed by atoms with van der Waals surface area (Å²) in [6, 6.07) is 12.5. The molecule has 0 aliphatic carbocycles. The summed E-state index contributed by atoms with van der Waals surface area (Å²) < 4.78 is 14.7. The minimum absolute atomic E-state index is 0.154. The second-order valence-corrected chi connectivity index (χ2v) is 6.09. The lowest BCUT2D eigenvalue weighted by Crippen LogP contribution is -2.27. The second-order valence-electron chi connectivity index (χ2n) is 6.09. The predicted molar refractivity (Wildman–Crippen MR) is 99.9 cm³/mol.